The second-order valence-electron chi connectivity index (χ2n) is 6.04. The van der Waals surface area contributed by atoms with Gasteiger partial charge in [-0.15, -0.1) is 0 Å². The summed E-state index contributed by atoms with van der Waals surface area (Å²) in [5.41, 5.74) is 2.51. The van der Waals surface area contributed by atoms with E-state index in [1.54, 1.807) is 18.2 Å². The summed E-state index contributed by atoms with van der Waals surface area (Å²) < 4.78 is 7.16. The third-order valence-electron chi connectivity index (χ3n) is 4.01. The predicted octanol–water partition coefficient (Wildman–Crippen LogP) is 3.08. The Kier molecular flexibility index (Phi) is 6.42. The van der Waals surface area contributed by atoms with Crippen molar-refractivity contribution in [2.24, 2.45) is 5.10 Å². The summed E-state index contributed by atoms with van der Waals surface area (Å²) in [6, 6.07) is 12.1. The average molecular weight is 474 g/mol. The van der Waals surface area contributed by atoms with Crippen LogP contribution < -0.4 is 10.2 Å². The van der Waals surface area contributed by atoms with Gasteiger partial charge in [-0.2, -0.15) is 10.2 Å². The molecule has 0 fully saturated rings. The highest BCUT2D eigenvalue weighted by molar-refractivity contribution is 9.10. The van der Waals surface area contributed by atoms with Crippen LogP contribution in [0.25, 0.3) is 0 Å². The smallest absolute Gasteiger partial charge is 0.320 e. The number of nitrogens with zero attached hydrogens (tertiary/aromatic N) is 4. The minimum absolute atomic E-state index is 0.151. The van der Waals surface area contributed by atoms with Crippen LogP contribution in [-0.2, 0) is 6.54 Å². The Morgan fingerprint density at radius 2 is 2.17 bits per heavy atom. The van der Waals surface area contributed by atoms with E-state index in [-0.39, 0.29) is 23.7 Å². The summed E-state index contributed by atoms with van der Waals surface area (Å²) in [7, 11) is 1.40. The molecule has 1 aromatic heterocycles. The number of amides is 1. The average Bonchev–Trinajstić information content (AvgIpc) is 3.13. The van der Waals surface area contributed by atoms with Crippen LogP contribution in [0, 0.1) is 10.1 Å². The molecule has 30 heavy (non-hydrogen) atoms. The lowest BCUT2D eigenvalue weighted by Crippen LogP contribution is -2.19. The van der Waals surface area contributed by atoms with Crippen LogP contribution in [0.1, 0.15) is 21.6 Å². The van der Waals surface area contributed by atoms with Crippen LogP contribution in [0.3, 0.4) is 0 Å². The van der Waals surface area contributed by atoms with Gasteiger partial charge in [0.15, 0.2) is 11.5 Å². The fourth-order valence-electron chi connectivity index (χ4n) is 2.63. The molecule has 0 bridgehead atoms. The number of phenols is 1. The van der Waals surface area contributed by atoms with Gasteiger partial charge in [-0.3, -0.25) is 19.6 Å². The summed E-state index contributed by atoms with van der Waals surface area (Å²) >= 11 is 3.36. The second kappa shape index (κ2) is 9.18. The fraction of sp³-hybridized carbons (Fsp3) is 0.105. The van der Waals surface area contributed by atoms with Gasteiger partial charge in [0.05, 0.1) is 24.8 Å². The number of methoxy groups -OCH3 is 1. The summed E-state index contributed by atoms with van der Waals surface area (Å²) in [6.07, 6.45) is 2.38. The van der Waals surface area contributed by atoms with Crippen LogP contribution in [0.2, 0.25) is 0 Å². The molecule has 11 heteroatoms. The SMILES string of the molecule is COc1cccc(/C=N/NC(=O)c2nn(Cc3cccc(Br)c3)cc2[N+](=O)[O-])c1O. The molecule has 0 unspecified atom stereocenters. The van der Waals surface area contributed by atoms with Crippen molar-refractivity contribution in [3.05, 3.63) is 80.1 Å². The number of carbonyl (C=O) groups is 1. The number of phenolic OH excluding ortho intramolecular Hbond substituents is 1. The lowest BCUT2D eigenvalue weighted by atomic mass is 10.2. The van der Waals surface area contributed by atoms with Crippen molar-refractivity contribution < 1.29 is 19.6 Å². The zero-order valence-corrected chi connectivity index (χ0v) is 17.2. The van der Waals surface area contributed by atoms with Crippen LogP contribution in [0.15, 0.2) is 58.2 Å². The number of hydrogen-bond acceptors (Lipinski definition) is 7. The number of halogens is 1. The molecule has 0 aliphatic carbocycles. The first-order valence-electron chi connectivity index (χ1n) is 8.54. The molecule has 0 aliphatic rings. The molecule has 10 nitrogen and oxygen atoms in total. The maximum Gasteiger partial charge on any atom is 0.320 e. The lowest BCUT2D eigenvalue weighted by Gasteiger charge is -2.04. The van der Waals surface area contributed by atoms with Crippen molar-refractivity contribution in [3.8, 4) is 11.5 Å². The third-order valence-corrected chi connectivity index (χ3v) is 4.50. The molecule has 1 amide bonds. The van der Waals surface area contributed by atoms with E-state index in [1.807, 2.05) is 24.3 Å². The number of nitro groups is 1. The van der Waals surface area contributed by atoms with Crippen LogP contribution in [0.4, 0.5) is 5.69 Å². The molecule has 0 spiro atoms. The predicted molar refractivity (Wildman–Crippen MR) is 112 cm³/mol. The Morgan fingerprint density at radius 1 is 1.40 bits per heavy atom. The fourth-order valence-corrected chi connectivity index (χ4v) is 3.08. The first kappa shape index (κ1) is 21.0. The molecule has 2 aromatic carbocycles. The molecule has 0 atom stereocenters. The Morgan fingerprint density at radius 3 is 2.87 bits per heavy atom. The highest BCUT2D eigenvalue weighted by Gasteiger charge is 2.25. The number of hydrazone groups is 1. The number of nitrogens with one attached hydrogen (secondary N) is 1. The number of aromatic hydroxyl groups is 1. The summed E-state index contributed by atoms with van der Waals surface area (Å²) in [5, 5.41) is 29.1. The number of benzene rings is 2. The van der Waals surface area contributed by atoms with Gasteiger partial charge in [-0.25, -0.2) is 5.43 Å². The third kappa shape index (κ3) is 4.81. The van der Waals surface area contributed by atoms with Crippen LogP contribution >= 0.6 is 15.9 Å². The van der Waals surface area contributed by atoms with Gasteiger partial charge in [-0.05, 0) is 29.8 Å². The van der Waals surface area contributed by atoms with E-state index in [9.17, 15) is 20.0 Å². The highest BCUT2D eigenvalue weighted by Crippen LogP contribution is 2.28. The van der Waals surface area contributed by atoms with E-state index in [4.69, 9.17) is 4.74 Å². The van der Waals surface area contributed by atoms with E-state index in [0.717, 1.165) is 10.0 Å². The maximum atomic E-state index is 12.4. The van der Waals surface area contributed by atoms with Gasteiger partial charge >= 0.3 is 5.69 Å². The van der Waals surface area contributed by atoms with Crippen molar-refractivity contribution in [2.45, 2.75) is 6.54 Å². The number of ether oxygens (including phenoxy) is 1. The number of para-hydroxylation sites is 1. The van der Waals surface area contributed by atoms with Gasteiger partial charge in [0.2, 0.25) is 5.69 Å². The van der Waals surface area contributed by atoms with Gasteiger partial charge in [0.25, 0.3) is 5.91 Å². The van der Waals surface area contributed by atoms with Crippen molar-refractivity contribution in [3.63, 3.8) is 0 Å². The summed E-state index contributed by atoms with van der Waals surface area (Å²) in [5.74, 6) is -0.761. The van der Waals surface area contributed by atoms with Gasteiger partial charge in [0, 0.05) is 10.0 Å². The molecule has 0 aliphatic heterocycles. The van der Waals surface area contributed by atoms with E-state index >= 15 is 0 Å². The van der Waals surface area contributed by atoms with Crippen molar-refractivity contribution in [1.29, 1.82) is 0 Å². The molecular formula is C19H16BrN5O5. The Labute approximate surface area is 179 Å². The number of hydrogen-bond donors (Lipinski definition) is 2. The molecular weight excluding hydrogens is 458 g/mol. The first-order chi connectivity index (χ1) is 14.4. The number of carbonyl (C=O) groups excluding carboxylic acids is 1. The molecule has 2 N–H and O–H groups in total. The Balaban J connectivity index is 1.78. The van der Waals surface area contributed by atoms with E-state index < -0.39 is 16.5 Å². The monoisotopic (exact) mass is 473 g/mol. The number of aromatic nitrogens is 2. The van der Waals surface area contributed by atoms with E-state index in [1.165, 1.54) is 24.2 Å². The number of rotatable bonds is 7. The summed E-state index contributed by atoms with van der Waals surface area (Å²) in [6.45, 7) is 0.245. The van der Waals surface area contributed by atoms with Crippen molar-refractivity contribution >= 4 is 33.7 Å². The van der Waals surface area contributed by atoms with Crippen LogP contribution in [0.5, 0.6) is 11.5 Å². The molecule has 0 radical (unpaired) electrons. The Bertz CT molecular complexity index is 1130. The topological polar surface area (TPSA) is 132 Å². The highest BCUT2D eigenvalue weighted by atomic mass is 79.9. The lowest BCUT2D eigenvalue weighted by molar-refractivity contribution is -0.385. The van der Waals surface area contributed by atoms with Crippen molar-refractivity contribution in [1.82, 2.24) is 15.2 Å². The molecule has 154 valence electrons. The van der Waals surface area contributed by atoms with Crippen LogP contribution in [-0.4, -0.2) is 39.0 Å². The normalized spacial score (nSPS) is 10.9. The molecule has 3 rings (SSSR count). The Hall–Kier alpha value is -3.73. The molecule has 0 saturated heterocycles. The van der Waals surface area contributed by atoms with Crippen molar-refractivity contribution in [2.75, 3.05) is 7.11 Å². The van der Waals surface area contributed by atoms with Gasteiger partial charge < -0.3 is 9.84 Å². The maximum absolute atomic E-state index is 12.4. The van der Waals surface area contributed by atoms with E-state index in [0.29, 0.717) is 5.56 Å². The first-order valence-corrected chi connectivity index (χ1v) is 9.34. The quantitative estimate of drug-likeness (QED) is 0.307. The summed E-state index contributed by atoms with van der Waals surface area (Å²) in [4.78, 5) is 23.0. The standard InChI is InChI=1S/C19H16BrN5O5/c1-30-16-7-3-5-13(18(16)26)9-21-22-19(27)17-15(25(28)29)11-24(23-17)10-12-4-2-6-14(20)8-12/h2-9,11,26H,10H2,1H3,(H,22,27)/b21-9+. The van der Waals surface area contributed by atoms with E-state index in [2.05, 4.69) is 31.6 Å². The molecule has 0 saturated carbocycles. The molecule has 1 heterocycles. The minimum atomic E-state index is -0.853. The zero-order chi connectivity index (χ0) is 21.7. The second-order valence-corrected chi connectivity index (χ2v) is 6.96. The van der Waals surface area contributed by atoms with Gasteiger partial charge in [-0.1, -0.05) is 34.1 Å². The van der Waals surface area contributed by atoms with Gasteiger partial charge in [0.1, 0.15) is 6.20 Å². The largest absolute Gasteiger partial charge is 0.504 e. The minimum Gasteiger partial charge on any atom is -0.504 e. The zero-order valence-electron chi connectivity index (χ0n) is 15.7. The molecule has 3 aromatic rings.